The van der Waals surface area contributed by atoms with Crippen molar-refractivity contribution in [3.05, 3.63) is 29.3 Å². The van der Waals surface area contributed by atoms with E-state index >= 15 is 0 Å². The van der Waals surface area contributed by atoms with Gasteiger partial charge in [0, 0.05) is 0 Å². The minimum atomic E-state index is 0.175. The minimum Gasteiger partial charge on any atom is -0.375 e. The lowest BCUT2D eigenvalue weighted by molar-refractivity contribution is 1.11. The Morgan fingerprint density at radius 2 is 2.00 bits per heavy atom. The van der Waals surface area contributed by atoms with Gasteiger partial charge in [0.15, 0.2) is 5.11 Å². The van der Waals surface area contributed by atoms with Gasteiger partial charge in [-0.1, -0.05) is 12.1 Å². The summed E-state index contributed by atoms with van der Waals surface area (Å²) in [6.45, 7) is 3.96. The zero-order valence-corrected chi connectivity index (χ0v) is 8.56. The molecule has 0 heterocycles. The van der Waals surface area contributed by atoms with Gasteiger partial charge >= 0.3 is 0 Å². The van der Waals surface area contributed by atoms with Gasteiger partial charge in [0.1, 0.15) is 0 Å². The molecule has 0 saturated heterocycles. The summed E-state index contributed by atoms with van der Waals surface area (Å²) in [6.07, 6.45) is 0. The number of nitrogens with zero attached hydrogens (tertiary/aromatic N) is 1. The van der Waals surface area contributed by atoms with Gasteiger partial charge in [-0.25, -0.2) is 5.84 Å². The number of hydrazine groups is 1. The molecule has 0 spiro atoms. The molecule has 1 rings (SSSR count). The van der Waals surface area contributed by atoms with Gasteiger partial charge in [-0.15, -0.1) is 0 Å². The lowest BCUT2D eigenvalue weighted by Gasteiger charge is -2.18. The van der Waals surface area contributed by atoms with Gasteiger partial charge in [0.25, 0.3) is 0 Å². The molecule has 4 heteroatoms. The SMILES string of the molecule is Cc1ccc(C)c(N(N)C(N)=S)c1. The Balaban J connectivity index is 3.12. The minimum absolute atomic E-state index is 0.175. The number of benzene rings is 1. The van der Waals surface area contributed by atoms with E-state index in [-0.39, 0.29) is 5.11 Å². The molecule has 1 aromatic rings. The summed E-state index contributed by atoms with van der Waals surface area (Å²) >= 11 is 4.78. The molecule has 0 bridgehead atoms. The third-order valence-electron chi connectivity index (χ3n) is 1.86. The van der Waals surface area contributed by atoms with Crippen molar-refractivity contribution in [2.24, 2.45) is 11.6 Å². The second-order valence-corrected chi connectivity index (χ2v) is 3.42. The van der Waals surface area contributed by atoms with E-state index < -0.39 is 0 Å². The molecule has 70 valence electrons. The van der Waals surface area contributed by atoms with Gasteiger partial charge in [0.05, 0.1) is 5.69 Å². The zero-order chi connectivity index (χ0) is 10.0. The van der Waals surface area contributed by atoms with E-state index in [1.165, 1.54) is 5.01 Å². The predicted octanol–water partition coefficient (Wildman–Crippen LogP) is 1.23. The molecule has 0 radical (unpaired) electrons. The summed E-state index contributed by atoms with van der Waals surface area (Å²) in [5.41, 5.74) is 8.46. The summed E-state index contributed by atoms with van der Waals surface area (Å²) in [6, 6.07) is 5.96. The molecule has 0 aliphatic rings. The third kappa shape index (κ3) is 2.17. The number of thiocarbonyl (C=S) groups is 1. The summed E-state index contributed by atoms with van der Waals surface area (Å²) < 4.78 is 0. The summed E-state index contributed by atoms with van der Waals surface area (Å²) in [7, 11) is 0. The fourth-order valence-corrected chi connectivity index (χ4v) is 1.20. The number of aryl methyl sites for hydroxylation is 2. The van der Waals surface area contributed by atoms with E-state index in [1.807, 2.05) is 32.0 Å². The largest absolute Gasteiger partial charge is 0.375 e. The number of hydrogen-bond donors (Lipinski definition) is 2. The number of anilines is 1. The van der Waals surface area contributed by atoms with Crippen molar-refractivity contribution < 1.29 is 0 Å². The second kappa shape index (κ2) is 3.72. The Morgan fingerprint density at radius 3 is 2.54 bits per heavy atom. The van der Waals surface area contributed by atoms with Gasteiger partial charge in [-0.2, -0.15) is 0 Å². The van der Waals surface area contributed by atoms with Gasteiger partial charge in [-0.05, 0) is 43.3 Å². The molecule has 1 aromatic carbocycles. The third-order valence-corrected chi connectivity index (χ3v) is 2.06. The molecule has 0 aliphatic heterocycles. The Kier molecular flexibility index (Phi) is 2.85. The Labute approximate surface area is 83.3 Å². The van der Waals surface area contributed by atoms with E-state index in [0.717, 1.165) is 16.8 Å². The monoisotopic (exact) mass is 195 g/mol. The van der Waals surface area contributed by atoms with E-state index in [9.17, 15) is 0 Å². The second-order valence-electron chi connectivity index (χ2n) is 3.00. The summed E-state index contributed by atoms with van der Waals surface area (Å²) in [4.78, 5) is 0. The first kappa shape index (κ1) is 9.95. The lowest BCUT2D eigenvalue weighted by Crippen LogP contribution is -2.41. The molecule has 0 atom stereocenters. The van der Waals surface area contributed by atoms with Crippen molar-refractivity contribution in [1.29, 1.82) is 0 Å². The van der Waals surface area contributed by atoms with Gasteiger partial charge in [0.2, 0.25) is 0 Å². The predicted molar refractivity (Wildman–Crippen MR) is 59.4 cm³/mol. The zero-order valence-electron chi connectivity index (χ0n) is 7.74. The van der Waals surface area contributed by atoms with Crippen LogP contribution in [0.4, 0.5) is 5.69 Å². The fraction of sp³-hybridized carbons (Fsp3) is 0.222. The van der Waals surface area contributed by atoms with Crippen molar-refractivity contribution >= 4 is 23.0 Å². The summed E-state index contributed by atoms with van der Waals surface area (Å²) in [5, 5.41) is 1.49. The average Bonchev–Trinajstić information content (AvgIpc) is 2.08. The van der Waals surface area contributed by atoms with E-state index in [2.05, 4.69) is 0 Å². The summed E-state index contributed by atoms with van der Waals surface area (Å²) in [5.74, 6) is 5.67. The van der Waals surface area contributed by atoms with Crippen molar-refractivity contribution in [1.82, 2.24) is 0 Å². The first-order valence-electron chi connectivity index (χ1n) is 3.94. The highest BCUT2D eigenvalue weighted by molar-refractivity contribution is 7.80. The van der Waals surface area contributed by atoms with E-state index in [4.69, 9.17) is 23.8 Å². The van der Waals surface area contributed by atoms with Crippen molar-refractivity contribution in [3.8, 4) is 0 Å². The van der Waals surface area contributed by atoms with Crippen LogP contribution in [0.3, 0.4) is 0 Å². The molecule has 0 amide bonds. The fourth-order valence-electron chi connectivity index (χ4n) is 1.10. The molecule has 0 saturated carbocycles. The standard InChI is InChI=1S/C9H13N3S/c1-6-3-4-7(2)8(5-6)12(11)9(10)13/h3-5H,11H2,1-2H3,(H2,10,13). The van der Waals surface area contributed by atoms with Crippen LogP contribution in [-0.2, 0) is 0 Å². The van der Waals surface area contributed by atoms with Crippen LogP contribution in [0.25, 0.3) is 0 Å². The lowest BCUT2D eigenvalue weighted by atomic mass is 10.1. The van der Waals surface area contributed by atoms with Crippen LogP contribution >= 0.6 is 12.2 Å². The van der Waals surface area contributed by atoms with Crippen LogP contribution in [-0.4, -0.2) is 5.11 Å². The topological polar surface area (TPSA) is 55.3 Å². The van der Waals surface area contributed by atoms with Crippen LogP contribution in [0.1, 0.15) is 11.1 Å². The molecular formula is C9H13N3S. The first-order chi connectivity index (χ1) is 6.02. The molecular weight excluding hydrogens is 182 g/mol. The molecule has 4 N–H and O–H groups in total. The van der Waals surface area contributed by atoms with Crippen molar-refractivity contribution in [2.45, 2.75) is 13.8 Å². The highest BCUT2D eigenvalue weighted by atomic mass is 32.1. The molecule has 3 nitrogen and oxygen atoms in total. The van der Waals surface area contributed by atoms with Crippen molar-refractivity contribution in [2.75, 3.05) is 5.01 Å². The van der Waals surface area contributed by atoms with Crippen LogP contribution in [0.2, 0.25) is 0 Å². The van der Waals surface area contributed by atoms with Crippen LogP contribution in [0.5, 0.6) is 0 Å². The Hall–Kier alpha value is -1.13. The smallest absolute Gasteiger partial charge is 0.185 e. The highest BCUT2D eigenvalue weighted by Crippen LogP contribution is 2.18. The van der Waals surface area contributed by atoms with E-state index in [1.54, 1.807) is 0 Å². The number of hydrogen-bond acceptors (Lipinski definition) is 2. The van der Waals surface area contributed by atoms with Crippen molar-refractivity contribution in [3.63, 3.8) is 0 Å². The molecule has 13 heavy (non-hydrogen) atoms. The van der Waals surface area contributed by atoms with Gasteiger partial charge < -0.3 is 5.73 Å². The molecule has 0 fully saturated rings. The maximum absolute atomic E-state index is 5.67. The average molecular weight is 195 g/mol. The van der Waals surface area contributed by atoms with Crippen LogP contribution in [0.15, 0.2) is 18.2 Å². The highest BCUT2D eigenvalue weighted by Gasteiger charge is 2.06. The van der Waals surface area contributed by atoms with E-state index in [0.29, 0.717) is 0 Å². The molecule has 0 aromatic heterocycles. The number of rotatable bonds is 1. The maximum atomic E-state index is 5.67. The Morgan fingerprint density at radius 1 is 1.38 bits per heavy atom. The maximum Gasteiger partial charge on any atom is 0.185 e. The Bertz CT molecular complexity index is 336. The number of nitrogens with two attached hydrogens (primary N) is 2. The van der Waals surface area contributed by atoms with Gasteiger partial charge in [-0.3, -0.25) is 5.01 Å². The van der Waals surface area contributed by atoms with Crippen LogP contribution in [0, 0.1) is 13.8 Å². The van der Waals surface area contributed by atoms with Crippen LogP contribution < -0.4 is 16.6 Å². The molecule has 0 unspecified atom stereocenters. The quantitative estimate of drug-likeness (QED) is 0.402. The first-order valence-corrected chi connectivity index (χ1v) is 4.34. The normalized spacial score (nSPS) is 9.77. The molecule has 0 aliphatic carbocycles.